The number of hydrogen-bond acceptors (Lipinski definition) is 2. The summed E-state index contributed by atoms with van der Waals surface area (Å²) in [6, 6.07) is 8.62. The normalized spacial score (nSPS) is 17.7. The molecule has 0 N–H and O–H groups in total. The van der Waals surface area contributed by atoms with E-state index in [9.17, 15) is 4.79 Å². The fourth-order valence-electron chi connectivity index (χ4n) is 2.90. The first-order valence-electron chi connectivity index (χ1n) is 8.26. The second-order valence-electron chi connectivity index (χ2n) is 6.88. The highest BCUT2D eigenvalue weighted by Crippen LogP contribution is 2.43. The zero-order valence-electron chi connectivity index (χ0n) is 13.9. The van der Waals surface area contributed by atoms with E-state index in [4.69, 9.17) is 4.74 Å². The van der Waals surface area contributed by atoms with E-state index in [-0.39, 0.29) is 5.97 Å². The highest BCUT2D eigenvalue weighted by molar-refractivity contribution is 5.76. The summed E-state index contributed by atoms with van der Waals surface area (Å²) in [5.74, 6) is -0.0635. The molecule has 2 rings (SSSR count). The summed E-state index contributed by atoms with van der Waals surface area (Å²) in [4.78, 5) is 12.5. The van der Waals surface area contributed by atoms with Crippen LogP contribution < -0.4 is 0 Å². The maximum Gasteiger partial charge on any atom is 0.312 e. The molecule has 0 atom stereocenters. The quantitative estimate of drug-likeness (QED) is 0.713. The van der Waals surface area contributed by atoms with Crippen LogP contribution in [-0.2, 0) is 21.6 Å². The van der Waals surface area contributed by atoms with E-state index in [1.54, 1.807) is 0 Å². The van der Waals surface area contributed by atoms with Gasteiger partial charge in [0, 0.05) is 0 Å². The predicted octanol–water partition coefficient (Wildman–Crippen LogP) is 5.00. The summed E-state index contributed by atoms with van der Waals surface area (Å²) in [5, 5.41) is 0. The lowest BCUT2D eigenvalue weighted by Gasteiger charge is -2.33. The number of esters is 1. The third kappa shape index (κ3) is 3.30. The van der Waals surface area contributed by atoms with Gasteiger partial charge in [-0.25, -0.2) is 0 Å². The number of ether oxygens (including phenoxy) is 1. The molecule has 0 unspecified atom stereocenters. The molecule has 1 fully saturated rings. The Morgan fingerprint density at radius 2 is 1.71 bits per heavy atom. The van der Waals surface area contributed by atoms with E-state index in [0.717, 1.165) is 44.1 Å². The van der Waals surface area contributed by atoms with Gasteiger partial charge in [-0.3, -0.25) is 4.79 Å². The molecule has 1 aromatic carbocycles. The smallest absolute Gasteiger partial charge is 0.312 e. The fourth-order valence-corrected chi connectivity index (χ4v) is 2.90. The minimum atomic E-state index is -0.404. The van der Waals surface area contributed by atoms with Gasteiger partial charge in [0.05, 0.1) is 5.41 Å². The van der Waals surface area contributed by atoms with Crippen molar-refractivity contribution >= 4 is 5.97 Å². The number of aryl methyl sites for hydroxylation is 1. The Kier molecular flexibility index (Phi) is 4.75. The molecule has 0 saturated heterocycles. The molecule has 0 aromatic heterocycles. The zero-order valence-corrected chi connectivity index (χ0v) is 13.9. The van der Waals surface area contributed by atoms with E-state index in [2.05, 4.69) is 31.2 Å². The first kappa shape index (κ1) is 16.1. The number of rotatable bonds is 5. The van der Waals surface area contributed by atoms with Gasteiger partial charge >= 0.3 is 5.97 Å². The highest BCUT2D eigenvalue weighted by atomic mass is 16.6. The summed E-state index contributed by atoms with van der Waals surface area (Å²) >= 11 is 0. The average molecular weight is 288 g/mol. The largest absolute Gasteiger partial charge is 0.454 e. The lowest BCUT2D eigenvalue weighted by atomic mass is 9.87. The summed E-state index contributed by atoms with van der Waals surface area (Å²) in [6.07, 6.45) is 6.01. The Balaban J connectivity index is 2.26. The number of carbonyl (C=O) groups excluding carboxylic acids is 1. The van der Waals surface area contributed by atoms with Gasteiger partial charge in [0.2, 0.25) is 0 Å². The molecule has 0 heterocycles. The van der Waals surface area contributed by atoms with Crippen LogP contribution in [0, 0.1) is 5.41 Å². The Bertz CT molecular complexity index is 479. The van der Waals surface area contributed by atoms with Gasteiger partial charge in [0.1, 0.15) is 5.60 Å². The van der Waals surface area contributed by atoms with Crippen molar-refractivity contribution in [3.05, 3.63) is 35.4 Å². The van der Waals surface area contributed by atoms with E-state index < -0.39 is 11.0 Å². The molecular formula is C19H28O2. The van der Waals surface area contributed by atoms with E-state index in [0.29, 0.717) is 0 Å². The van der Waals surface area contributed by atoms with Crippen LogP contribution in [0.5, 0.6) is 0 Å². The van der Waals surface area contributed by atoms with Gasteiger partial charge in [-0.15, -0.1) is 0 Å². The third-order valence-corrected chi connectivity index (χ3v) is 5.02. The second-order valence-corrected chi connectivity index (χ2v) is 6.88. The van der Waals surface area contributed by atoms with Gasteiger partial charge in [0.15, 0.2) is 0 Å². The molecule has 116 valence electrons. The van der Waals surface area contributed by atoms with Crippen LogP contribution in [-0.4, -0.2) is 5.97 Å². The SMILES string of the molecule is CCc1ccc(C2(OC(=O)C(C)(C)CC)CCCC2)cc1. The van der Waals surface area contributed by atoms with Crippen LogP contribution in [0.3, 0.4) is 0 Å². The number of benzene rings is 1. The molecule has 2 heteroatoms. The van der Waals surface area contributed by atoms with Crippen LogP contribution >= 0.6 is 0 Å². The predicted molar refractivity (Wildman–Crippen MR) is 86.1 cm³/mol. The number of carbonyl (C=O) groups is 1. The van der Waals surface area contributed by atoms with Gasteiger partial charge in [-0.05, 0) is 63.5 Å². The van der Waals surface area contributed by atoms with Crippen molar-refractivity contribution in [2.75, 3.05) is 0 Å². The lowest BCUT2D eigenvalue weighted by Crippen LogP contribution is -2.36. The molecule has 1 aliphatic carbocycles. The van der Waals surface area contributed by atoms with Crippen molar-refractivity contribution in [3.63, 3.8) is 0 Å². The molecule has 1 aromatic rings. The molecule has 0 amide bonds. The van der Waals surface area contributed by atoms with Crippen LogP contribution in [0.15, 0.2) is 24.3 Å². The Morgan fingerprint density at radius 3 is 2.19 bits per heavy atom. The van der Waals surface area contributed by atoms with Gasteiger partial charge in [0.25, 0.3) is 0 Å². The first-order valence-corrected chi connectivity index (χ1v) is 8.26. The molecule has 0 bridgehead atoms. The Morgan fingerprint density at radius 1 is 1.14 bits per heavy atom. The zero-order chi connectivity index (χ0) is 15.5. The van der Waals surface area contributed by atoms with Gasteiger partial charge in [-0.1, -0.05) is 38.1 Å². The minimum absolute atomic E-state index is 0.0635. The number of hydrogen-bond donors (Lipinski definition) is 0. The maximum absolute atomic E-state index is 12.5. The van der Waals surface area contributed by atoms with E-state index in [1.807, 2.05) is 20.8 Å². The summed E-state index contributed by atoms with van der Waals surface area (Å²) in [6.45, 7) is 8.14. The van der Waals surface area contributed by atoms with Crippen molar-refractivity contribution < 1.29 is 9.53 Å². The van der Waals surface area contributed by atoms with Crippen LogP contribution in [0.4, 0.5) is 0 Å². The van der Waals surface area contributed by atoms with Crippen molar-refractivity contribution in [3.8, 4) is 0 Å². The monoisotopic (exact) mass is 288 g/mol. The molecule has 0 radical (unpaired) electrons. The summed E-state index contributed by atoms with van der Waals surface area (Å²) in [7, 11) is 0. The molecule has 2 nitrogen and oxygen atoms in total. The molecule has 1 aliphatic rings. The summed E-state index contributed by atoms with van der Waals surface area (Å²) in [5.41, 5.74) is 1.69. The average Bonchev–Trinajstić information content (AvgIpc) is 2.97. The van der Waals surface area contributed by atoms with E-state index >= 15 is 0 Å². The van der Waals surface area contributed by atoms with Crippen LogP contribution in [0.1, 0.15) is 70.9 Å². The van der Waals surface area contributed by atoms with Gasteiger partial charge < -0.3 is 4.74 Å². The Labute approximate surface area is 128 Å². The Hall–Kier alpha value is -1.31. The van der Waals surface area contributed by atoms with Crippen molar-refractivity contribution in [2.45, 2.75) is 71.8 Å². The van der Waals surface area contributed by atoms with Gasteiger partial charge in [-0.2, -0.15) is 0 Å². The molecule has 21 heavy (non-hydrogen) atoms. The third-order valence-electron chi connectivity index (χ3n) is 5.02. The second kappa shape index (κ2) is 6.21. The van der Waals surface area contributed by atoms with E-state index in [1.165, 1.54) is 5.56 Å². The highest BCUT2D eigenvalue weighted by Gasteiger charge is 2.42. The standard InChI is InChI=1S/C19H28O2/c1-5-15-9-11-16(12-10-15)19(13-7-8-14-19)21-17(20)18(3,4)6-2/h9-12H,5-8,13-14H2,1-4H3. The first-order chi connectivity index (χ1) is 9.93. The van der Waals surface area contributed by atoms with Crippen LogP contribution in [0.25, 0.3) is 0 Å². The van der Waals surface area contributed by atoms with Crippen molar-refractivity contribution in [2.24, 2.45) is 5.41 Å². The minimum Gasteiger partial charge on any atom is -0.454 e. The fraction of sp³-hybridized carbons (Fsp3) is 0.632. The maximum atomic E-state index is 12.5. The lowest BCUT2D eigenvalue weighted by molar-refractivity contribution is -0.171. The molecule has 0 aliphatic heterocycles. The summed E-state index contributed by atoms with van der Waals surface area (Å²) < 4.78 is 6.08. The van der Waals surface area contributed by atoms with Crippen molar-refractivity contribution in [1.29, 1.82) is 0 Å². The van der Waals surface area contributed by atoms with Crippen molar-refractivity contribution in [1.82, 2.24) is 0 Å². The van der Waals surface area contributed by atoms with Crippen LogP contribution in [0.2, 0.25) is 0 Å². The topological polar surface area (TPSA) is 26.3 Å². The molecule has 0 spiro atoms. The molecule has 1 saturated carbocycles. The molecular weight excluding hydrogens is 260 g/mol.